The van der Waals surface area contributed by atoms with Crippen molar-refractivity contribution in [3.8, 4) is 0 Å². The Balaban J connectivity index is 3.02. The van der Waals surface area contributed by atoms with Gasteiger partial charge in [0.05, 0.1) is 4.34 Å². The molecular formula is C8H9ClO5S2. The zero-order chi connectivity index (χ0) is 12.6. The van der Waals surface area contributed by atoms with Crippen molar-refractivity contribution in [1.29, 1.82) is 0 Å². The number of halogens is 1. The molecule has 0 aliphatic carbocycles. The van der Waals surface area contributed by atoms with Crippen molar-refractivity contribution in [3.05, 3.63) is 16.5 Å². The number of carbonyl (C=O) groups is 1. The van der Waals surface area contributed by atoms with E-state index in [4.69, 9.17) is 16.7 Å². The third kappa shape index (κ3) is 2.94. The molecule has 0 radical (unpaired) electrons. The van der Waals surface area contributed by atoms with Gasteiger partial charge in [0.1, 0.15) is 4.21 Å². The summed E-state index contributed by atoms with van der Waals surface area (Å²) in [6, 6.07) is 2.66. The van der Waals surface area contributed by atoms with Gasteiger partial charge in [-0.15, -0.1) is 11.3 Å². The summed E-state index contributed by atoms with van der Waals surface area (Å²) in [4.78, 5) is 10.7. The molecule has 90 valence electrons. The minimum atomic E-state index is -4.09. The van der Waals surface area contributed by atoms with Gasteiger partial charge in [-0.1, -0.05) is 11.6 Å². The van der Waals surface area contributed by atoms with Gasteiger partial charge in [-0.25, -0.2) is 8.98 Å². The Bertz CT molecular complexity index is 502. The van der Waals surface area contributed by atoms with E-state index in [1.165, 1.54) is 12.1 Å². The Hall–Kier alpha value is -0.630. The van der Waals surface area contributed by atoms with Gasteiger partial charge in [-0.2, -0.15) is 8.42 Å². The highest BCUT2D eigenvalue weighted by molar-refractivity contribution is 7.89. The van der Waals surface area contributed by atoms with Gasteiger partial charge in [-0.05, 0) is 26.0 Å². The van der Waals surface area contributed by atoms with E-state index < -0.39 is 21.7 Å². The molecule has 0 amide bonds. The van der Waals surface area contributed by atoms with E-state index in [9.17, 15) is 13.2 Å². The van der Waals surface area contributed by atoms with Crippen molar-refractivity contribution in [3.63, 3.8) is 0 Å². The van der Waals surface area contributed by atoms with Crippen molar-refractivity contribution in [2.24, 2.45) is 0 Å². The molecule has 0 bridgehead atoms. The molecule has 0 saturated heterocycles. The van der Waals surface area contributed by atoms with Crippen LogP contribution in [0.4, 0.5) is 0 Å². The number of hydrogen-bond acceptors (Lipinski definition) is 5. The molecule has 0 saturated carbocycles. The summed E-state index contributed by atoms with van der Waals surface area (Å²) < 4.78 is 28.0. The minimum Gasteiger partial charge on any atom is -0.479 e. The van der Waals surface area contributed by atoms with E-state index in [-0.39, 0.29) is 8.55 Å². The van der Waals surface area contributed by atoms with Crippen LogP contribution in [0.2, 0.25) is 4.34 Å². The quantitative estimate of drug-likeness (QED) is 0.855. The molecule has 1 aromatic heterocycles. The third-order valence-corrected chi connectivity index (χ3v) is 4.78. The van der Waals surface area contributed by atoms with E-state index >= 15 is 0 Å². The first-order valence-electron chi connectivity index (χ1n) is 4.09. The van der Waals surface area contributed by atoms with Crippen LogP contribution >= 0.6 is 22.9 Å². The van der Waals surface area contributed by atoms with Crippen molar-refractivity contribution < 1.29 is 22.5 Å². The van der Waals surface area contributed by atoms with Crippen molar-refractivity contribution in [2.45, 2.75) is 23.7 Å². The predicted octanol–water partition coefficient (Wildman–Crippen LogP) is 1.97. The van der Waals surface area contributed by atoms with E-state index in [0.717, 1.165) is 25.2 Å². The maximum Gasteiger partial charge on any atom is 0.336 e. The van der Waals surface area contributed by atoms with Gasteiger partial charge in [0.2, 0.25) is 0 Å². The van der Waals surface area contributed by atoms with Gasteiger partial charge < -0.3 is 5.11 Å². The Morgan fingerprint density at radius 2 is 2.06 bits per heavy atom. The topological polar surface area (TPSA) is 80.7 Å². The predicted molar refractivity (Wildman–Crippen MR) is 59.3 cm³/mol. The van der Waals surface area contributed by atoms with Crippen LogP contribution in [0.1, 0.15) is 13.8 Å². The zero-order valence-electron chi connectivity index (χ0n) is 8.43. The summed E-state index contributed by atoms with van der Waals surface area (Å²) in [5.74, 6) is -1.36. The third-order valence-electron chi connectivity index (χ3n) is 1.63. The van der Waals surface area contributed by atoms with Gasteiger partial charge >= 0.3 is 16.1 Å². The number of carboxylic acids is 1. The lowest BCUT2D eigenvalue weighted by molar-refractivity contribution is -0.151. The maximum atomic E-state index is 11.6. The Kier molecular flexibility index (Phi) is 3.63. The second kappa shape index (κ2) is 4.33. The summed E-state index contributed by atoms with van der Waals surface area (Å²) in [6.07, 6.45) is 0. The molecule has 1 aromatic rings. The molecule has 1 rings (SSSR count). The molecule has 0 aliphatic rings. The molecule has 16 heavy (non-hydrogen) atoms. The zero-order valence-corrected chi connectivity index (χ0v) is 10.8. The average Bonchev–Trinajstić information content (AvgIpc) is 2.50. The molecule has 1 N–H and O–H groups in total. The van der Waals surface area contributed by atoms with Gasteiger partial charge in [0.25, 0.3) is 0 Å². The normalized spacial score (nSPS) is 12.7. The van der Waals surface area contributed by atoms with Crippen LogP contribution in [-0.2, 0) is 19.1 Å². The standard InChI is InChI=1S/C8H9ClO5S2/c1-8(2,7(10)11)14-16(12,13)6-4-3-5(9)15-6/h3-4H,1-2H3,(H,10,11). The summed E-state index contributed by atoms with van der Waals surface area (Å²) in [5, 5.41) is 8.74. The first kappa shape index (κ1) is 13.4. The van der Waals surface area contributed by atoms with E-state index in [0.29, 0.717) is 0 Å². The second-order valence-corrected chi connectivity index (χ2v) is 6.90. The largest absolute Gasteiger partial charge is 0.479 e. The van der Waals surface area contributed by atoms with E-state index in [1.54, 1.807) is 0 Å². The number of thiophene rings is 1. The van der Waals surface area contributed by atoms with Crippen LogP contribution < -0.4 is 0 Å². The molecule has 1 heterocycles. The van der Waals surface area contributed by atoms with Crippen molar-refractivity contribution >= 4 is 39.0 Å². The van der Waals surface area contributed by atoms with E-state index in [1.807, 2.05) is 0 Å². The van der Waals surface area contributed by atoms with E-state index in [2.05, 4.69) is 4.18 Å². The summed E-state index contributed by atoms with van der Waals surface area (Å²) in [6.45, 7) is 2.31. The second-order valence-electron chi connectivity index (χ2n) is 3.41. The summed E-state index contributed by atoms with van der Waals surface area (Å²) in [5.41, 5.74) is -1.81. The minimum absolute atomic E-state index is 0.119. The highest BCUT2D eigenvalue weighted by Crippen LogP contribution is 2.29. The van der Waals surface area contributed by atoms with Crippen LogP contribution in [0.15, 0.2) is 16.3 Å². The SMILES string of the molecule is CC(C)(OS(=O)(=O)c1ccc(Cl)s1)C(=O)O. The van der Waals surface area contributed by atoms with Crippen LogP contribution in [0.3, 0.4) is 0 Å². The Morgan fingerprint density at radius 3 is 2.44 bits per heavy atom. The number of carboxylic acid groups (broad SMARTS) is 1. The monoisotopic (exact) mass is 284 g/mol. The number of aliphatic carboxylic acids is 1. The van der Waals surface area contributed by atoms with Crippen LogP contribution in [0, 0.1) is 0 Å². The van der Waals surface area contributed by atoms with Crippen LogP contribution in [-0.4, -0.2) is 25.1 Å². The molecule has 0 atom stereocenters. The van der Waals surface area contributed by atoms with Crippen LogP contribution in [0.25, 0.3) is 0 Å². The fraction of sp³-hybridized carbons (Fsp3) is 0.375. The lowest BCUT2D eigenvalue weighted by Gasteiger charge is -2.18. The molecule has 0 unspecified atom stereocenters. The Morgan fingerprint density at radius 1 is 1.50 bits per heavy atom. The van der Waals surface area contributed by atoms with Gasteiger partial charge in [0, 0.05) is 0 Å². The van der Waals surface area contributed by atoms with Crippen LogP contribution in [0.5, 0.6) is 0 Å². The molecule has 0 aromatic carbocycles. The maximum absolute atomic E-state index is 11.6. The average molecular weight is 285 g/mol. The number of hydrogen-bond donors (Lipinski definition) is 1. The lowest BCUT2D eigenvalue weighted by Crippen LogP contribution is -2.36. The smallest absolute Gasteiger partial charge is 0.336 e. The molecule has 0 fully saturated rings. The molecule has 5 nitrogen and oxygen atoms in total. The lowest BCUT2D eigenvalue weighted by atomic mass is 10.1. The molecular weight excluding hydrogens is 276 g/mol. The first-order chi connectivity index (χ1) is 7.15. The fourth-order valence-corrected chi connectivity index (χ4v) is 3.41. The van der Waals surface area contributed by atoms with Crippen molar-refractivity contribution in [2.75, 3.05) is 0 Å². The summed E-state index contributed by atoms with van der Waals surface area (Å²) in [7, 11) is -4.09. The number of rotatable bonds is 4. The Labute approximate surface area is 102 Å². The van der Waals surface area contributed by atoms with Crippen molar-refractivity contribution in [1.82, 2.24) is 0 Å². The summed E-state index contributed by atoms with van der Waals surface area (Å²) >= 11 is 6.39. The van der Waals surface area contributed by atoms with Gasteiger partial charge in [0.15, 0.2) is 5.60 Å². The first-order valence-corrected chi connectivity index (χ1v) is 6.70. The highest BCUT2D eigenvalue weighted by atomic mass is 35.5. The highest BCUT2D eigenvalue weighted by Gasteiger charge is 2.35. The fourth-order valence-electron chi connectivity index (χ4n) is 0.783. The molecule has 0 spiro atoms. The molecule has 8 heteroatoms. The molecule has 0 aliphatic heterocycles. The van der Waals surface area contributed by atoms with Gasteiger partial charge in [-0.3, -0.25) is 0 Å².